The highest BCUT2D eigenvalue weighted by Crippen LogP contribution is 2.27. The van der Waals surface area contributed by atoms with Crippen LogP contribution >= 0.6 is 0 Å². The molecule has 3 aromatic carbocycles. The maximum Gasteiger partial charge on any atom is 0.257 e. The average Bonchev–Trinajstić information content (AvgIpc) is 2.91. The predicted molar refractivity (Wildman–Crippen MR) is 144 cm³/mol. The quantitative estimate of drug-likeness (QED) is 0.348. The number of carbonyl (C=O) groups is 2. The van der Waals surface area contributed by atoms with E-state index in [9.17, 15) is 18.0 Å². The Morgan fingerprint density at radius 2 is 1.43 bits per heavy atom. The van der Waals surface area contributed by atoms with E-state index in [1.807, 2.05) is 36.4 Å². The summed E-state index contributed by atoms with van der Waals surface area (Å²) >= 11 is 0. The minimum atomic E-state index is -3.72. The molecule has 188 valence electrons. The number of nitrogens with zero attached hydrogens (tertiary/aromatic N) is 2. The van der Waals surface area contributed by atoms with Crippen molar-refractivity contribution in [2.24, 2.45) is 0 Å². The van der Waals surface area contributed by atoms with Crippen molar-refractivity contribution >= 4 is 33.2 Å². The fourth-order valence-corrected chi connectivity index (χ4v) is 4.67. The molecular weight excluding hydrogens is 488 g/mol. The van der Waals surface area contributed by atoms with E-state index in [1.54, 1.807) is 67.0 Å². The summed E-state index contributed by atoms with van der Waals surface area (Å²) in [6.07, 6.45) is 4.42. The number of nitrogens with one attached hydrogen (secondary N) is 2. The van der Waals surface area contributed by atoms with Crippen LogP contribution in [0.2, 0.25) is 0 Å². The van der Waals surface area contributed by atoms with E-state index in [4.69, 9.17) is 0 Å². The number of sulfonamides is 1. The van der Waals surface area contributed by atoms with Gasteiger partial charge in [0.1, 0.15) is 0 Å². The zero-order valence-electron chi connectivity index (χ0n) is 20.2. The van der Waals surface area contributed by atoms with Gasteiger partial charge in [0.05, 0.1) is 35.3 Å². The third kappa shape index (κ3) is 6.59. The third-order valence-electron chi connectivity index (χ3n) is 5.58. The molecule has 0 radical (unpaired) electrons. The van der Waals surface area contributed by atoms with Crippen LogP contribution in [0.3, 0.4) is 0 Å². The summed E-state index contributed by atoms with van der Waals surface area (Å²) in [6.45, 7) is 0.345. The standard InChI is InChI=1S/C28H26N4O4S/c1-37(35,36)32(20-21-10-3-2-4-11-21)26-16-8-6-14-24(26)28(34)31-25-15-7-5-13-23(25)27(33)30-19-22-12-9-17-29-18-22/h2-18H,19-20H2,1H3,(H,30,33)(H,31,34). The van der Waals surface area contributed by atoms with Gasteiger partial charge in [-0.15, -0.1) is 0 Å². The maximum atomic E-state index is 13.4. The van der Waals surface area contributed by atoms with Crippen molar-refractivity contribution in [1.29, 1.82) is 0 Å². The zero-order valence-corrected chi connectivity index (χ0v) is 21.0. The molecule has 4 rings (SSSR count). The Hall–Kier alpha value is -4.50. The van der Waals surface area contributed by atoms with E-state index >= 15 is 0 Å². The largest absolute Gasteiger partial charge is 0.348 e. The zero-order chi connectivity index (χ0) is 26.3. The van der Waals surface area contributed by atoms with Crippen LogP contribution in [0, 0.1) is 0 Å². The summed E-state index contributed by atoms with van der Waals surface area (Å²) in [7, 11) is -3.72. The van der Waals surface area contributed by atoms with Crippen molar-refractivity contribution in [2.75, 3.05) is 15.9 Å². The first kappa shape index (κ1) is 25.6. The molecule has 0 aliphatic carbocycles. The third-order valence-corrected chi connectivity index (χ3v) is 6.71. The van der Waals surface area contributed by atoms with Gasteiger partial charge in [-0.3, -0.25) is 18.9 Å². The fourth-order valence-electron chi connectivity index (χ4n) is 3.77. The summed E-state index contributed by atoms with van der Waals surface area (Å²) in [4.78, 5) is 30.3. The fraction of sp³-hybridized carbons (Fsp3) is 0.107. The molecule has 8 nitrogen and oxygen atoms in total. The molecule has 1 heterocycles. The van der Waals surface area contributed by atoms with E-state index in [0.717, 1.165) is 17.4 Å². The molecular formula is C28H26N4O4S. The first-order valence-corrected chi connectivity index (χ1v) is 13.4. The second-order valence-electron chi connectivity index (χ2n) is 8.32. The number of aromatic nitrogens is 1. The van der Waals surface area contributed by atoms with Crippen LogP contribution in [0.5, 0.6) is 0 Å². The number of pyridine rings is 1. The minimum absolute atomic E-state index is 0.0668. The molecule has 2 amide bonds. The van der Waals surface area contributed by atoms with E-state index in [-0.39, 0.29) is 35.8 Å². The Bertz CT molecular complexity index is 1490. The van der Waals surface area contributed by atoms with E-state index in [1.165, 1.54) is 4.31 Å². The van der Waals surface area contributed by atoms with Crippen LogP contribution in [0.1, 0.15) is 31.8 Å². The van der Waals surface area contributed by atoms with Crippen LogP contribution in [0.4, 0.5) is 11.4 Å². The molecule has 0 aliphatic heterocycles. The van der Waals surface area contributed by atoms with Crippen molar-refractivity contribution in [3.63, 3.8) is 0 Å². The Labute approximate surface area is 216 Å². The summed E-state index contributed by atoms with van der Waals surface area (Å²) in [5.41, 5.74) is 2.60. The van der Waals surface area contributed by atoms with Gasteiger partial charge in [0, 0.05) is 18.9 Å². The van der Waals surface area contributed by atoms with Gasteiger partial charge in [0.15, 0.2) is 0 Å². The molecule has 0 saturated carbocycles. The lowest BCUT2D eigenvalue weighted by Gasteiger charge is -2.25. The Morgan fingerprint density at radius 3 is 2.14 bits per heavy atom. The number of benzene rings is 3. The molecule has 0 fully saturated rings. The summed E-state index contributed by atoms with van der Waals surface area (Å²) in [6, 6.07) is 25.9. The first-order chi connectivity index (χ1) is 17.8. The van der Waals surface area contributed by atoms with E-state index < -0.39 is 15.9 Å². The normalized spacial score (nSPS) is 10.9. The van der Waals surface area contributed by atoms with Crippen LogP contribution in [0.25, 0.3) is 0 Å². The summed E-state index contributed by atoms with van der Waals surface area (Å²) in [5, 5.41) is 5.61. The topological polar surface area (TPSA) is 108 Å². The van der Waals surface area contributed by atoms with Gasteiger partial charge in [0.2, 0.25) is 10.0 Å². The predicted octanol–water partition coefficient (Wildman–Crippen LogP) is 4.23. The van der Waals surface area contributed by atoms with Crippen molar-refractivity contribution in [2.45, 2.75) is 13.1 Å². The molecule has 1 aromatic heterocycles. The number of carbonyl (C=O) groups excluding carboxylic acids is 2. The summed E-state index contributed by atoms with van der Waals surface area (Å²) < 4.78 is 26.7. The lowest BCUT2D eigenvalue weighted by Crippen LogP contribution is -2.31. The SMILES string of the molecule is CS(=O)(=O)N(Cc1ccccc1)c1ccccc1C(=O)Nc1ccccc1C(=O)NCc1cccnc1. The van der Waals surface area contributed by atoms with Crippen molar-refractivity contribution < 1.29 is 18.0 Å². The Morgan fingerprint density at radius 1 is 0.784 bits per heavy atom. The van der Waals surface area contributed by atoms with Crippen molar-refractivity contribution in [3.05, 3.63) is 126 Å². The van der Waals surface area contributed by atoms with Gasteiger partial charge in [-0.2, -0.15) is 0 Å². The van der Waals surface area contributed by atoms with E-state index in [0.29, 0.717) is 5.69 Å². The van der Waals surface area contributed by atoms with Gasteiger partial charge in [-0.05, 0) is 41.5 Å². The van der Waals surface area contributed by atoms with Crippen LogP contribution in [0.15, 0.2) is 103 Å². The molecule has 0 saturated heterocycles. The second-order valence-corrected chi connectivity index (χ2v) is 10.2. The van der Waals surface area contributed by atoms with Gasteiger partial charge in [-0.25, -0.2) is 8.42 Å². The van der Waals surface area contributed by atoms with Gasteiger partial charge in [0.25, 0.3) is 11.8 Å². The first-order valence-electron chi connectivity index (χ1n) is 11.5. The molecule has 0 unspecified atom stereocenters. The molecule has 9 heteroatoms. The monoisotopic (exact) mass is 514 g/mol. The van der Waals surface area contributed by atoms with Crippen LogP contribution < -0.4 is 14.9 Å². The Kier molecular flexibility index (Phi) is 7.95. The van der Waals surface area contributed by atoms with Gasteiger partial charge >= 0.3 is 0 Å². The highest BCUT2D eigenvalue weighted by atomic mass is 32.2. The molecule has 0 aliphatic rings. The highest BCUT2D eigenvalue weighted by Gasteiger charge is 2.24. The highest BCUT2D eigenvalue weighted by molar-refractivity contribution is 7.92. The molecule has 2 N–H and O–H groups in total. The van der Waals surface area contributed by atoms with Gasteiger partial charge < -0.3 is 10.6 Å². The summed E-state index contributed by atoms with van der Waals surface area (Å²) in [5.74, 6) is -0.903. The van der Waals surface area contributed by atoms with Gasteiger partial charge in [-0.1, -0.05) is 60.7 Å². The smallest absolute Gasteiger partial charge is 0.257 e. The van der Waals surface area contributed by atoms with Crippen molar-refractivity contribution in [3.8, 4) is 0 Å². The number of amides is 2. The number of rotatable bonds is 9. The number of anilines is 2. The minimum Gasteiger partial charge on any atom is -0.348 e. The van der Waals surface area contributed by atoms with Crippen LogP contribution in [-0.2, 0) is 23.1 Å². The lowest BCUT2D eigenvalue weighted by atomic mass is 10.1. The second kappa shape index (κ2) is 11.5. The lowest BCUT2D eigenvalue weighted by molar-refractivity contribution is 0.0951. The molecule has 37 heavy (non-hydrogen) atoms. The van der Waals surface area contributed by atoms with E-state index in [2.05, 4.69) is 15.6 Å². The average molecular weight is 515 g/mol. The van der Waals surface area contributed by atoms with Crippen LogP contribution in [-0.4, -0.2) is 31.5 Å². The number of hydrogen-bond donors (Lipinski definition) is 2. The molecule has 0 spiro atoms. The number of hydrogen-bond acceptors (Lipinski definition) is 5. The maximum absolute atomic E-state index is 13.4. The molecule has 0 atom stereocenters. The number of para-hydroxylation sites is 2. The molecule has 4 aromatic rings. The van der Waals surface area contributed by atoms with Crippen molar-refractivity contribution in [1.82, 2.24) is 10.3 Å². The molecule has 0 bridgehead atoms. The Balaban J connectivity index is 1.59.